The van der Waals surface area contributed by atoms with E-state index in [2.05, 4.69) is 0 Å². The summed E-state index contributed by atoms with van der Waals surface area (Å²) in [6.45, 7) is 3.58. The molecule has 0 N–H and O–H groups in total. The molecule has 84 valence electrons. The number of nitrogens with zero attached hydrogens (tertiary/aromatic N) is 4. The average Bonchev–Trinajstić information content (AvgIpc) is 2.55. The van der Waals surface area contributed by atoms with Crippen LogP contribution in [-0.4, -0.2) is 17.9 Å². The van der Waals surface area contributed by atoms with E-state index in [4.69, 9.17) is 15.8 Å². The van der Waals surface area contributed by atoms with Gasteiger partial charge in [0, 0.05) is 12.6 Å². The van der Waals surface area contributed by atoms with E-state index in [1.165, 1.54) is 11.9 Å². The molecular formula is C12H10N4O. The normalized spacial score (nSPS) is 14.8. The summed E-state index contributed by atoms with van der Waals surface area (Å²) >= 11 is 0. The standard InChI is InChI=1S/C12H10N4O/c1-7(2)10-9(6-15)11(8(4-13)5-14)16(3)12(10)17/h7H,1-3H3. The van der Waals surface area contributed by atoms with Crippen molar-refractivity contribution in [3.63, 3.8) is 0 Å². The van der Waals surface area contributed by atoms with Crippen molar-refractivity contribution in [2.24, 2.45) is 5.92 Å². The molecule has 17 heavy (non-hydrogen) atoms. The molecule has 0 saturated carbocycles. The minimum Gasteiger partial charge on any atom is -0.309 e. The molecule has 0 radical (unpaired) electrons. The number of hydrogen-bond acceptors (Lipinski definition) is 4. The predicted octanol–water partition coefficient (Wildman–Crippen LogP) is 1.24. The van der Waals surface area contributed by atoms with Gasteiger partial charge < -0.3 is 4.90 Å². The summed E-state index contributed by atoms with van der Waals surface area (Å²) in [7, 11) is 1.46. The molecule has 0 atom stereocenters. The largest absolute Gasteiger partial charge is 0.309 e. The minimum absolute atomic E-state index is 0.117. The van der Waals surface area contributed by atoms with E-state index in [0.717, 1.165) is 0 Å². The van der Waals surface area contributed by atoms with Gasteiger partial charge in [0.1, 0.15) is 18.2 Å². The average molecular weight is 226 g/mol. The lowest BCUT2D eigenvalue weighted by Gasteiger charge is -2.12. The first kappa shape index (κ1) is 12.5. The van der Waals surface area contributed by atoms with Crippen molar-refractivity contribution in [3.05, 3.63) is 22.4 Å². The quantitative estimate of drug-likeness (QED) is 0.629. The number of nitriles is 3. The smallest absolute Gasteiger partial charge is 0.255 e. The van der Waals surface area contributed by atoms with Crippen molar-refractivity contribution >= 4 is 5.91 Å². The fourth-order valence-corrected chi connectivity index (χ4v) is 1.76. The fraction of sp³-hybridized carbons (Fsp3) is 0.333. The zero-order chi connectivity index (χ0) is 13.2. The Balaban J connectivity index is 3.64. The van der Waals surface area contributed by atoms with E-state index < -0.39 is 0 Å². The Morgan fingerprint density at radius 2 is 1.76 bits per heavy atom. The van der Waals surface area contributed by atoms with Crippen LogP contribution in [0.2, 0.25) is 0 Å². The van der Waals surface area contributed by atoms with E-state index in [0.29, 0.717) is 5.57 Å². The third-order valence-corrected chi connectivity index (χ3v) is 2.53. The third-order valence-electron chi connectivity index (χ3n) is 2.53. The second kappa shape index (κ2) is 4.51. The van der Waals surface area contributed by atoms with Crippen molar-refractivity contribution in [1.82, 2.24) is 4.90 Å². The maximum absolute atomic E-state index is 11.9. The maximum atomic E-state index is 11.9. The number of rotatable bonds is 1. The van der Waals surface area contributed by atoms with Crippen molar-refractivity contribution < 1.29 is 4.79 Å². The lowest BCUT2D eigenvalue weighted by atomic mass is 9.98. The van der Waals surface area contributed by atoms with Crippen molar-refractivity contribution in [3.8, 4) is 18.2 Å². The van der Waals surface area contributed by atoms with Crippen LogP contribution in [0.3, 0.4) is 0 Å². The minimum atomic E-state index is -0.324. The molecule has 5 nitrogen and oxygen atoms in total. The molecule has 0 spiro atoms. The van der Waals surface area contributed by atoms with Crippen LogP contribution in [0.1, 0.15) is 13.8 Å². The van der Waals surface area contributed by atoms with Crippen LogP contribution in [0.15, 0.2) is 22.4 Å². The Hall–Kier alpha value is -2.58. The molecule has 1 aliphatic rings. The first-order valence-corrected chi connectivity index (χ1v) is 4.96. The first-order valence-electron chi connectivity index (χ1n) is 4.96. The molecule has 5 heteroatoms. The molecule has 1 amide bonds. The molecular weight excluding hydrogens is 216 g/mol. The van der Waals surface area contributed by atoms with Gasteiger partial charge in [0.05, 0.1) is 11.3 Å². The molecule has 0 aromatic carbocycles. The second-order valence-corrected chi connectivity index (χ2v) is 3.87. The van der Waals surface area contributed by atoms with Gasteiger partial charge >= 0.3 is 0 Å². The van der Waals surface area contributed by atoms with Gasteiger partial charge in [-0.3, -0.25) is 4.79 Å². The van der Waals surface area contributed by atoms with Gasteiger partial charge in [0.25, 0.3) is 5.91 Å². The van der Waals surface area contributed by atoms with Gasteiger partial charge in [-0.25, -0.2) is 0 Å². The molecule has 0 fully saturated rings. The Morgan fingerprint density at radius 1 is 1.24 bits per heavy atom. The molecule has 1 rings (SSSR count). The van der Waals surface area contributed by atoms with E-state index in [1.54, 1.807) is 26.0 Å². The van der Waals surface area contributed by atoms with E-state index in [1.807, 2.05) is 6.07 Å². The highest BCUT2D eigenvalue weighted by Crippen LogP contribution is 2.33. The number of likely N-dealkylation sites (N-methyl/N-ethyl adjacent to an activating group) is 1. The highest BCUT2D eigenvalue weighted by molar-refractivity contribution is 6.02. The van der Waals surface area contributed by atoms with Crippen LogP contribution in [0.4, 0.5) is 0 Å². The molecule has 0 unspecified atom stereocenters. The molecule has 1 heterocycles. The van der Waals surface area contributed by atoms with Gasteiger partial charge in [0.2, 0.25) is 0 Å². The summed E-state index contributed by atoms with van der Waals surface area (Å²) < 4.78 is 0. The molecule has 0 saturated heterocycles. The summed E-state index contributed by atoms with van der Waals surface area (Å²) in [6, 6.07) is 5.33. The third kappa shape index (κ3) is 1.77. The topological polar surface area (TPSA) is 91.7 Å². The number of carbonyl (C=O) groups excluding carboxylic acids is 1. The highest BCUT2D eigenvalue weighted by Gasteiger charge is 2.36. The van der Waals surface area contributed by atoms with Crippen LogP contribution < -0.4 is 0 Å². The highest BCUT2D eigenvalue weighted by atomic mass is 16.2. The Kier molecular flexibility index (Phi) is 3.31. The predicted molar refractivity (Wildman–Crippen MR) is 58.5 cm³/mol. The van der Waals surface area contributed by atoms with Crippen LogP contribution >= 0.6 is 0 Å². The monoisotopic (exact) mass is 226 g/mol. The maximum Gasteiger partial charge on any atom is 0.255 e. The number of hydrogen-bond donors (Lipinski definition) is 0. The van der Waals surface area contributed by atoms with E-state index in [9.17, 15) is 4.79 Å². The van der Waals surface area contributed by atoms with Crippen molar-refractivity contribution in [2.45, 2.75) is 13.8 Å². The Bertz CT molecular complexity index is 545. The Morgan fingerprint density at radius 3 is 2.12 bits per heavy atom. The molecule has 0 aliphatic carbocycles. The second-order valence-electron chi connectivity index (χ2n) is 3.87. The van der Waals surface area contributed by atoms with E-state index >= 15 is 0 Å². The lowest BCUT2D eigenvalue weighted by Crippen LogP contribution is -2.22. The van der Waals surface area contributed by atoms with E-state index in [-0.39, 0.29) is 28.7 Å². The van der Waals surface area contributed by atoms with Crippen LogP contribution in [-0.2, 0) is 4.79 Å². The number of amides is 1. The van der Waals surface area contributed by atoms with Crippen LogP contribution in [0, 0.1) is 39.9 Å². The SMILES string of the molecule is CC(C)C1=C(C#N)C(=C(C#N)C#N)N(C)C1=O. The van der Waals surface area contributed by atoms with Gasteiger partial charge in [-0.1, -0.05) is 13.8 Å². The molecule has 0 aromatic rings. The number of allylic oxidation sites excluding steroid dienone is 2. The molecule has 0 aromatic heterocycles. The lowest BCUT2D eigenvalue weighted by molar-refractivity contribution is -0.123. The van der Waals surface area contributed by atoms with Gasteiger partial charge in [-0.2, -0.15) is 15.8 Å². The Labute approximate surface area is 99.5 Å². The summed E-state index contributed by atoms with van der Waals surface area (Å²) in [5.74, 6) is -0.453. The zero-order valence-electron chi connectivity index (χ0n) is 9.77. The number of carbonyl (C=O) groups is 1. The van der Waals surface area contributed by atoms with Gasteiger partial charge in [-0.15, -0.1) is 0 Å². The van der Waals surface area contributed by atoms with Crippen molar-refractivity contribution in [2.75, 3.05) is 7.05 Å². The first-order chi connectivity index (χ1) is 7.99. The fourth-order valence-electron chi connectivity index (χ4n) is 1.76. The van der Waals surface area contributed by atoms with Gasteiger partial charge in [0.15, 0.2) is 5.57 Å². The summed E-state index contributed by atoms with van der Waals surface area (Å²) in [6.07, 6.45) is 0. The van der Waals surface area contributed by atoms with Crippen molar-refractivity contribution in [1.29, 1.82) is 15.8 Å². The molecule has 1 aliphatic heterocycles. The molecule has 0 bridgehead atoms. The van der Waals surface area contributed by atoms with Crippen LogP contribution in [0.25, 0.3) is 0 Å². The summed E-state index contributed by atoms with van der Waals surface area (Å²) in [4.78, 5) is 13.1. The summed E-state index contributed by atoms with van der Waals surface area (Å²) in [5.41, 5.74) is 0.387. The van der Waals surface area contributed by atoms with Gasteiger partial charge in [-0.05, 0) is 5.92 Å². The summed E-state index contributed by atoms with van der Waals surface area (Å²) in [5, 5.41) is 26.7. The van der Waals surface area contributed by atoms with Crippen LogP contribution in [0.5, 0.6) is 0 Å². The zero-order valence-corrected chi connectivity index (χ0v) is 9.77.